The van der Waals surface area contributed by atoms with E-state index in [0.717, 1.165) is 0 Å². The number of methoxy groups -OCH3 is 2. The number of aliphatic carboxylic acids is 1. The molecule has 1 aromatic rings. The predicted molar refractivity (Wildman–Crippen MR) is 61.6 cm³/mol. The van der Waals surface area contributed by atoms with Gasteiger partial charge in [0.2, 0.25) is 0 Å². The second-order valence-corrected chi connectivity index (χ2v) is 3.37. The van der Waals surface area contributed by atoms with Crippen molar-refractivity contribution in [1.82, 2.24) is 10.3 Å². The molecule has 0 fully saturated rings. The van der Waals surface area contributed by atoms with Crippen LogP contribution in [-0.4, -0.2) is 48.8 Å². The van der Waals surface area contributed by atoms with Gasteiger partial charge in [-0.15, -0.1) is 0 Å². The maximum absolute atomic E-state index is 11.8. The summed E-state index contributed by atoms with van der Waals surface area (Å²) in [5, 5.41) is 11.2. The Bertz CT molecular complexity index is 435. The van der Waals surface area contributed by atoms with Gasteiger partial charge >= 0.3 is 5.97 Å². The van der Waals surface area contributed by atoms with Crippen LogP contribution in [0.5, 0.6) is 5.75 Å². The maximum atomic E-state index is 11.8. The van der Waals surface area contributed by atoms with Crippen LogP contribution in [0.3, 0.4) is 0 Å². The Labute approximate surface area is 104 Å². The number of ether oxygens (including phenoxy) is 2. The van der Waals surface area contributed by atoms with Gasteiger partial charge in [0.25, 0.3) is 5.91 Å². The largest absolute Gasteiger partial charge is 0.494 e. The molecule has 98 valence electrons. The van der Waals surface area contributed by atoms with E-state index in [4.69, 9.17) is 14.6 Å². The van der Waals surface area contributed by atoms with Crippen molar-refractivity contribution >= 4 is 11.9 Å². The van der Waals surface area contributed by atoms with Crippen molar-refractivity contribution in [3.8, 4) is 5.75 Å². The molecule has 7 nitrogen and oxygen atoms in total. The lowest BCUT2D eigenvalue weighted by Gasteiger charge is -2.14. The summed E-state index contributed by atoms with van der Waals surface area (Å²) in [6.07, 6.45) is 1.42. The van der Waals surface area contributed by atoms with E-state index in [1.165, 1.54) is 20.4 Å². The number of carbonyl (C=O) groups is 2. The highest BCUT2D eigenvalue weighted by Gasteiger charge is 2.22. The van der Waals surface area contributed by atoms with Gasteiger partial charge in [-0.2, -0.15) is 0 Å². The minimum Gasteiger partial charge on any atom is -0.494 e. The van der Waals surface area contributed by atoms with Gasteiger partial charge in [-0.3, -0.25) is 4.79 Å². The lowest BCUT2D eigenvalue weighted by Crippen LogP contribution is -2.44. The van der Waals surface area contributed by atoms with Gasteiger partial charge in [-0.05, 0) is 12.1 Å². The Balaban J connectivity index is 2.83. The predicted octanol–water partition coefficient (Wildman–Crippen LogP) is -0.0804. The highest BCUT2D eigenvalue weighted by atomic mass is 16.5. The molecule has 0 saturated heterocycles. The Kier molecular flexibility index (Phi) is 5.06. The fourth-order valence-corrected chi connectivity index (χ4v) is 1.29. The smallest absolute Gasteiger partial charge is 0.328 e. The first-order valence-electron chi connectivity index (χ1n) is 5.11. The number of amides is 1. The summed E-state index contributed by atoms with van der Waals surface area (Å²) in [6, 6.07) is 2.04. The molecule has 0 spiro atoms. The number of carbonyl (C=O) groups excluding carboxylic acids is 1. The first-order chi connectivity index (χ1) is 8.60. The van der Waals surface area contributed by atoms with Gasteiger partial charge in [-0.25, -0.2) is 9.78 Å². The Hall–Kier alpha value is -2.15. The quantitative estimate of drug-likeness (QED) is 0.736. The SMILES string of the molecule is COC[C@H](NC(=O)c1ncccc1OC)C(=O)O. The van der Waals surface area contributed by atoms with Crippen molar-refractivity contribution in [2.45, 2.75) is 6.04 Å². The zero-order valence-corrected chi connectivity index (χ0v) is 10.0. The summed E-state index contributed by atoms with van der Waals surface area (Å²) in [7, 11) is 2.75. The van der Waals surface area contributed by atoms with E-state index in [-0.39, 0.29) is 18.1 Å². The summed E-state index contributed by atoms with van der Waals surface area (Å²) in [5.41, 5.74) is 0.0300. The number of carboxylic acids is 1. The molecule has 1 heterocycles. The number of hydrogen-bond donors (Lipinski definition) is 2. The molecule has 2 N–H and O–H groups in total. The third kappa shape index (κ3) is 3.42. The molecule has 18 heavy (non-hydrogen) atoms. The van der Waals surface area contributed by atoms with Gasteiger partial charge in [0, 0.05) is 13.3 Å². The lowest BCUT2D eigenvalue weighted by atomic mass is 10.2. The molecular weight excluding hydrogens is 240 g/mol. The Morgan fingerprint density at radius 3 is 2.78 bits per heavy atom. The first kappa shape index (κ1) is 13.9. The number of carboxylic acid groups (broad SMARTS) is 1. The number of nitrogens with zero attached hydrogens (tertiary/aromatic N) is 1. The van der Waals surface area contributed by atoms with Crippen LogP contribution in [-0.2, 0) is 9.53 Å². The van der Waals surface area contributed by atoms with E-state index in [1.807, 2.05) is 0 Å². The molecule has 0 aliphatic rings. The highest BCUT2D eigenvalue weighted by Crippen LogP contribution is 2.14. The number of rotatable bonds is 6. The van der Waals surface area contributed by atoms with Crippen molar-refractivity contribution in [2.75, 3.05) is 20.8 Å². The summed E-state index contributed by atoms with van der Waals surface area (Å²) >= 11 is 0. The molecular formula is C11H14N2O5. The summed E-state index contributed by atoms with van der Waals surface area (Å²) in [4.78, 5) is 26.6. The molecule has 0 aliphatic carbocycles. The number of pyridine rings is 1. The lowest BCUT2D eigenvalue weighted by molar-refractivity contribution is -0.140. The van der Waals surface area contributed by atoms with E-state index in [1.54, 1.807) is 12.1 Å². The minimum absolute atomic E-state index is 0.0300. The van der Waals surface area contributed by atoms with Gasteiger partial charge < -0.3 is 19.9 Å². The fourth-order valence-electron chi connectivity index (χ4n) is 1.29. The van der Waals surface area contributed by atoms with E-state index in [0.29, 0.717) is 0 Å². The zero-order valence-electron chi connectivity index (χ0n) is 10.0. The maximum Gasteiger partial charge on any atom is 0.328 e. The average Bonchev–Trinajstić information content (AvgIpc) is 2.37. The van der Waals surface area contributed by atoms with Crippen LogP contribution in [0.4, 0.5) is 0 Å². The molecule has 0 saturated carbocycles. The van der Waals surface area contributed by atoms with Crippen molar-refractivity contribution in [3.63, 3.8) is 0 Å². The number of aromatic nitrogens is 1. The molecule has 0 aliphatic heterocycles. The minimum atomic E-state index is -1.18. The standard InChI is InChI=1S/C11H14N2O5/c1-17-6-7(11(15)16)13-10(14)9-8(18-2)4-3-5-12-9/h3-5,7H,6H2,1-2H3,(H,13,14)(H,15,16)/t7-/m0/s1. The van der Waals surface area contributed by atoms with Crippen LogP contribution < -0.4 is 10.1 Å². The third-order valence-corrected chi connectivity index (χ3v) is 2.14. The van der Waals surface area contributed by atoms with E-state index in [9.17, 15) is 9.59 Å². The van der Waals surface area contributed by atoms with Crippen LogP contribution in [0, 0.1) is 0 Å². The second kappa shape index (κ2) is 6.55. The van der Waals surface area contributed by atoms with Crippen LogP contribution in [0.15, 0.2) is 18.3 Å². The Morgan fingerprint density at radius 1 is 1.50 bits per heavy atom. The zero-order chi connectivity index (χ0) is 13.5. The summed E-state index contributed by atoms with van der Waals surface area (Å²) < 4.78 is 9.68. The summed E-state index contributed by atoms with van der Waals surface area (Å²) in [5.74, 6) is -1.53. The van der Waals surface area contributed by atoms with Crippen LogP contribution in [0.25, 0.3) is 0 Å². The van der Waals surface area contributed by atoms with Crippen LogP contribution in [0.1, 0.15) is 10.5 Å². The van der Waals surface area contributed by atoms with Gasteiger partial charge in [0.05, 0.1) is 13.7 Å². The van der Waals surface area contributed by atoms with Gasteiger partial charge in [0.15, 0.2) is 11.7 Å². The molecule has 0 unspecified atom stereocenters. The topological polar surface area (TPSA) is 97.8 Å². The molecule has 1 atom stereocenters. The molecule has 1 amide bonds. The fraction of sp³-hybridized carbons (Fsp3) is 0.364. The molecule has 0 radical (unpaired) electrons. The van der Waals surface area contributed by atoms with Gasteiger partial charge in [-0.1, -0.05) is 0 Å². The van der Waals surface area contributed by atoms with Crippen molar-refractivity contribution < 1.29 is 24.2 Å². The van der Waals surface area contributed by atoms with Gasteiger partial charge in [0.1, 0.15) is 5.75 Å². The number of nitrogens with one attached hydrogen (secondary N) is 1. The average molecular weight is 254 g/mol. The number of hydrogen-bond acceptors (Lipinski definition) is 5. The van der Waals surface area contributed by atoms with Crippen LogP contribution in [0.2, 0.25) is 0 Å². The van der Waals surface area contributed by atoms with Crippen LogP contribution >= 0.6 is 0 Å². The normalized spacial score (nSPS) is 11.7. The summed E-state index contributed by atoms with van der Waals surface area (Å²) in [6.45, 7) is -0.129. The first-order valence-corrected chi connectivity index (χ1v) is 5.11. The molecule has 1 aromatic heterocycles. The monoisotopic (exact) mass is 254 g/mol. The Morgan fingerprint density at radius 2 is 2.22 bits per heavy atom. The van der Waals surface area contributed by atoms with Crippen molar-refractivity contribution in [2.24, 2.45) is 0 Å². The molecule has 7 heteroatoms. The molecule has 0 aromatic carbocycles. The van der Waals surface area contributed by atoms with E-state index in [2.05, 4.69) is 10.3 Å². The van der Waals surface area contributed by atoms with E-state index >= 15 is 0 Å². The second-order valence-electron chi connectivity index (χ2n) is 3.37. The van der Waals surface area contributed by atoms with Crippen molar-refractivity contribution in [3.05, 3.63) is 24.0 Å². The third-order valence-electron chi connectivity index (χ3n) is 2.14. The molecule has 0 bridgehead atoms. The van der Waals surface area contributed by atoms with Crippen molar-refractivity contribution in [1.29, 1.82) is 0 Å². The molecule has 1 rings (SSSR count). The van der Waals surface area contributed by atoms with E-state index < -0.39 is 17.9 Å². The highest BCUT2D eigenvalue weighted by molar-refractivity contribution is 5.97.